The molecule has 1 N–H and O–H groups in total. The lowest BCUT2D eigenvalue weighted by Crippen LogP contribution is -2.81. The van der Waals surface area contributed by atoms with Gasteiger partial charge in [0.05, 0.1) is 16.5 Å². The molecule has 2 aromatic carbocycles. The maximum atomic E-state index is 14.8. The number of hydrogen-bond donors (Lipinski definition) is 1. The lowest BCUT2D eigenvalue weighted by atomic mass is 9.38. The maximum Gasteiger partial charge on any atom is 0.338 e. The van der Waals surface area contributed by atoms with Gasteiger partial charge in [-0.05, 0) is 43.5 Å². The standard InChI is InChI=1S/C40H46O12/c1-9-38(7)21-27(51-34(44)25-16-12-10-13-17-25)31-39(8)28(20-29(48-22(2)41)40(31,47)36(38)46)37(5,6)32(50-24(4)43)30(49-23(3)42)33(39)52-35(45)26-18-14-11-15-19-26/h9-19,27-33,47H,1,20-21H2,2-8H3/t27-,28+,29-,30+,31-,32-,33+,38+,39+,40+/m1/s1. The third kappa shape index (κ3) is 6.42. The average molecular weight is 719 g/mol. The first-order valence-corrected chi connectivity index (χ1v) is 17.3. The number of carbonyl (C=O) groups is 6. The van der Waals surface area contributed by atoms with Crippen molar-refractivity contribution < 1.29 is 57.6 Å². The van der Waals surface area contributed by atoms with Crippen LogP contribution in [0.5, 0.6) is 0 Å². The van der Waals surface area contributed by atoms with Crippen molar-refractivity contribution in [3.8, 4) is 0 Å². The molecule has 0 radical (unpaired) electrons. The third-order valence-electron chi connectivity index (χ3n) is 11.4. The Kier molecular flexibility index (Phi) is 10.3. The van der Waals surface area contributed by atoms with E-state index in [-0.39, 0.29) is 24.0 Å². The molecule has 10 atom stereocenters. The summed E-state index contributed by atoms with van der Waals surface area (Å²) in [5.74, 6) is -6.85. The number of benzene rings is 2. The number of Topliss-reactive ketones (excluding diaryl/α,β-unsaturated/α-hetero) is 1. The SMILES string of the molecule is C=C[C@@]1(C)C[C@@H](OC(=O)c2ccccc2)[C@H]2[C@](O)(C1=O)[C@H](OC(C)=O)C[C@H]1C(C)(C)[C@H](OC(C)=O)[C@H](OC(C)=O)[C@H](OC(=O)c3ccccc3)[C@@]12C. The van der Waals surface area contributed by atoms with Crippen LogP contribution in [0.2, 0.25) is 0 Å². The van der Waals surface area contributed by atoms with Crippen LogP contribution in [-0.2, 0) is 42.9 Å². The van der Waals surface area contributed by atoms with Crippen molar-refractivity contribution >= 4 is 35.6 Å². The quantitative estimate of drug-likeness (QED) is 0.225. The second-order valence-corrected chi connectivity index (χ2v) is 15.1. The summed E-state index contributed by atoms with van der Waals surface area (Å²) in [6, 6.07) is 16.2. The molecule has 0 aromatic heterocycles. The zero-order valence-electron chi connectivity index (χ0n) is 30.5. The Morgan fingerprint density at radius 1 is 0.731 bits per heavy atom. The molecular formula is C40H46O12. The molecule has 0 heterocycles. The molecule has 0 saturated heterocycles. The van der Waals surface area contributed by atoms with Gasteiger partial charge < -0.3 is 28.8 Å². The Morgan fingerprint density at radius 2 is 1.23 bits per heavy atom. The van der Waals surface area contributed by atoms with Gasteiger partial charge in [0.2, 0.25) is 0 Å². The Hall–Kier alpha value is -4.84. The fourth-order valence-corrected chi connectivity index (χ4v) is 9.28. The summed E-state index contributed by atoms with van der Waals surface area (Å²) in [7, 11) is 0. The van der Waals surface area contributed by atoms with E-state index in [1.807, 2.05) is 0 Å². The minimum Gasteiger partial charge on any atom is -0.459 e. The molecule has 12 nitrogen and oxygen atoms in total. The Balaban J connectivity index is 1.82. The summed E-state index contributed by atoms with van der Waals surface area (Å²) in [6.45, 7) is 14.1. The molecule has 52 heavy (non-hydrogen) atoms. The average Bonchev–Trinajstić information content (AvgIpc) is 3.08. The summed E-state index contributed by atoms with van der Waals surface area (Å²) in [5.41, 5.74) is -6.47. The van der Waals surface area contributed by atoms with Crippen molar-refractivity contribution in [3.63, 3.8) is 0 Å². The van der Waals surface area contributed by atoms with E-state index in [1.165, 1.54) is 25.1 Å². The van der Waals surface area contributed by atoms with Crippen LogP contribution in [0.25, 0.3) is 0 Å². The van der Waals surface area contributed by atoms with Gasteiger partial charge in [0.15, 0.2) is 17.5 Å². The Bertz CT molecular complexity index is 1750. The first-order chi connectivity index (χ1) is 24.3. The maximum absolute atomic E-state index is 14.8. The van der Waals surface area contributed by atoms with Crippen LogP contribution in [0.4, 0.5) is 0 Å². The summed E-state index contributed by atoms with van der Waals surface area (Å²) in [4.78, 5) is 80.9. The molecule has 3 aliphatic carbocycles. The number of hydrogen-bond acceptors (Lipinski definition) is 12. The van der Waals surface area contributed by atoms with Crippen molar-refractivity contribution in [1.82, 2.24) is 0 Å². The highest BCUT2D eigenvalue weighted by molar-refractivity contribution is 5.97. The van der Waals surface area contributed by atoms with Crippen LogP contribution >= 0.6 is 0 Å². The van der Waals surface area contributed by atoms with Crippen molar-refractivity contribution in [2.24, 2.45) is 28.1 Å². The van der Waals surface area contributed by atoms with E-state index in [0.29, 0.717) is 0 Å². The lowest BCUT2D eigenvalue weighted by Gasteiger charge is -2.69. The first-order valence-electron chi connectivity index (χ1n) is 17.3. The van der Waals surface area contributed by atoms with Crippen molar-refractivity contribution in [2.45, 2.75) is 97.4 Å². The predicted molar refractivity (Wildman–Crippen MR) is 184 cm³/mol. The molecule has 2 aromatic rings. The highest BCUT2D eigenvalue weighted by atomic mass is 16.6. The van der Waals surface area contributed by atoms with E-state index in [9.17, 15) is 33.9 Å². The number of esters is 5. The van der Waals surface area contributed by atoms with Crippen LogP contribution < -0.4 is 0 Å². The lowest BCUT2D eigenvalue weighted by molar-refractivity contribution is -0.314. The summed E-state index contributed by atoms with van der Waals surface area (Å²) < 4.78 is 30.2. The minimum atomic E-state index is -2.55. The first kappa shape index (κ1) is 38.4. The topological polar surface area (TPSA) is 169 Å². The second kappa shape index (κ2) is 13.9. The summed E-state index contributed by atoms with van der Waals surface area (Å²) in [5, 5.41) is 13.1. The number of carbonyl (C=O) groups excluding carboxylic acids is 6. The molecule has 0 aliphatic heterocycles. The molecule has 0 bridgehead atoms. The zero-order valence-corrected chi connectivity index (χ0v) is 30.5. The van der Waals surface area contributed by atoms with Crippen molar-refractivity contribution in [1.29, 1.82) is 0 Å². The number of fused-ring (bicyclic) bond motifs is 3. The van der Waals surface area contributed by atoms with E-state index in [2.05, 4.69) is 6.58 Å². The smallest absolute Gasteiger partial charge is 0.338 e. The third-order valence-corrected chi connectivity index (χ3v) is 11.4. The van der Waals surface area contributed by atoms with Gasteiger partial charge in [-0.15, -0.1) is 6.58 Å². The molecule has 0 unspecified atom stereocenters. The van der Waals surface area contributed by atoms with Crippen LogP contribution in [0, 0.1) is 28.1 Å². The minimum absolute atomic E-state index is 0.146. The number of ether oxygens (including phenoxy) is 5. The molecule has 3 fully saturated rings. The van der Waals surface area contributed by atoms with Crippen molar-refractivity contribution in [3.05, 3.63) is 84.4 Å². The van der Waals surface area contributed by atoms with E-state index >= 15 is 0 Å². The van der Waals surface area contributed by atoms with Gasteiger partial charge in [0.1, 0.15) is 24.4 Å². The van der Waals surface area contributed by atoms with E-state index in [0.717, 1.165) is 13.8 Å². The number of aliphatic hydroxyl groups is 1. The van der Waals surface area contributed by atoms with E-state index < -0.39 is 99.8 Å². The van der Waals surface area contributed by atoms with Crippen molar-refractivity contribution in [2.75, 3.05) is 0 Å². The molecule has 0 spiro atoms. The monoisotopic (exact) mass is 718 g/mol. The number of allylic oxidation sites excluding steroid dienone is 1. The highest BCUT2D eigenvalue weighted by Gasteiger charge is 2.79. The fourth-order valence-electron chi connectivity index (χ4n) is 9.28. The molecule has 3 saturated carbocycles. The zero-order chi connectivity index (χ0) is 38.4. The van der Waals surface area contributed by atoms with Gasteiger partial charge in [0, 0.05) is 43.9 Å². The molecule has 5 rings (SSSR count). The summed E-state index contributed by atoms with van der Waals surface area (Å²) in [6.07, 6.45) is -5.96. The van der Waals surface area contributed by atoms with Crippen LogP contribution in [0.15, 0.2) is 73.3 Å². The highest BCUT2D eigenvalue weighted by Crippen LogP contribution is 2.68. The van der Waals surface area contributed by atoms with Gasteiger partial charge in [-0.3, -0.25) is 19.2 Å². The van der Waals surface area contributed by atoms with Gasteiger partial charge >= 0.3 is 29.8 Å². The van der Waals surface area contributed by atoms with Crippen LogP contribution in [-0.4, -0.2) is 76.9 Å². The van der Waals surface area contributed by atoms with Gasteiger partial charge in [-0.1, -0.05) is 63.2 Å². The Labute approximate surface area is 302 Å². The molecule has 0 amide bonds. The van der Waals surface area contributed by atoms with Crippen LogP contribution in [0.3, 0.4) is 0 Å². The molecule has 3 aliphatic rings. The normalized spacial score (nSPS) is 34.7. The predicted octanol–water partition coefficient (Wildman–Crippen LogP) is 4.81. The molecule has 278 valence electrons. The van der Waals surface area contributed by atoms with Crippen LogP contribution in [0.1, 0.15) is 82.0 Å². The largest absolute Gasteiger partial charge is 0.459 e. The van der Waals surface area contributed by atoms with Gasteiger partial charge in [-0.2, -0.15) is 0 Å². The van der Waals surface area contributed by atoms with E-state index in [1.54, 1.807) is 76.2 Å². The second-order valence-electron chi connectivity index (χ2n) is 15.1. The summed E-state index contributed by atoms with van der Waals surface area (Å²) >= 11 is 0. The van der Waals surface area contributed by atoms with Gasteiger partial charge in [0.25, 0.3) is 0 Å². The molecular weight excluding hydrogens is 672 g/mol. The van der Waals surface area contributed by atoms with Gasteiger partial charge in [-0.25, -0.2) is 9.59 Å². The number of ketones is 1. The Morgan fingerprint density at radius 3 is 1.71 bits per heavy atom. The van der Waals surface area contributed by atoms with E-state index in [4.69, 9.17) is 23.7 Å². The number of rotatable bonds is 8. The fraction of sp³-hybridized carbons (Fsp3) is 0.500. The molecule has 12 heteroatoms.